The number of benzene rings is 2. The number of carbonyl (C=O) groups is 1. The van der Waals surface area contributed by atoms with Crippen molar-refractivity contribution in [3.05, 3.63) is 102 Å². The summed E-state index contributed by atoms with van der Waals surface area (Å²) in [6.45, 7) is 1.18. The standard InChI is InChI=1S/C23H25N3O/c1-26(18-19-12-15-24-16-13-19)23(27)25-17-14-22(20-8-4-2-5-9-20)21-10-6-3-7-11-21/h2-13,15-16,22H,14,17-18H2,1H3,(H,25,27). The van der Waals surface area contributed by atoms with Crippen LogP contribution in [-0.2, 0) is 6.54 Å². The lowest BCUT2D eigenvalue weighted by Gasteiger charge is -2.21. The smallest absolute Gasteiger partial charge is 0.317 e. The summed E-state index contributed by atoms with van der Waals surface area (Å²) in [4.78, 5) is 18.1. The summed E-state index contributed by atoms with van der Waals surface area (Å²) < 4.78 is 0. The molecule has 4 heteroatoms. The van der Waals surface area contributed by atoms with Gasteiger partial charge in [0.05, 0.1) is 0 Å². The normalized spacial score (nSPS) is 10.6. The highest BCUT2D eigenvalue weighted by Gasteiger charge is 2.15. The highest BCUT2D eigenvalue weighted by atomic mass is 16.2. The third-order valence-electron chi connectivity index (χ3n) is 4.63. The molecule has 2 aromatic carbocycles. The Morgan fingerprint density at radius 1 is 0.926 bits per heavy atom. The molecule has 1 heterocycles. The molecule has 0 atom stereocenters. The fourth-order valence-corrected chi connectivity index (χ4v) is 3.19. The first-order chi connectivity index (χ1) is 13.2. The van der Waals surface area contributed by atoms with Gasteiger partial charge in [0.25, 0.3) is 0 Å². The Balaban J connectivity index is 1.58. The predicted octanol–water partition coefficient (Wildman–Crippen LogP) is 4.45. The first kappa shape index (κ1) is 18.6. The van der Waals surface area contributed by atoms with E-state index in [1.165, 1.54) is 11.1 Å². The second kappa shape index (κ2) is 9.53. The molecule has 1 aromatic heterocycles. The lowest BCUT2D eigenvalue weighted by Crippen LogP contribution is -2.37. The molecule has 2 amide bonds. The molecular formula is C23H25N3O. The Morgan fingerprint density at radius 2 is 1.48 bits per heavy atom. The van der Waals surface area contributed by atoms with Crippen LogP contribution in [0.3, 0.4) is 0 Å². The fraction of sp³-hybridized carbons (Fsp3) is 0.217. The highest BCUT2D eigenvalue weighted by Crippen LogP contribution is 2.27. The maximum atomic E-state index is 12.4. The third-order valence-corrected chi connectivity index (χ3v) is 4.63. The van der Waals surface area contributed by atoms with E-state index in [0.29, 0.717) is 13.1 Å². The van der Waals surface area contributed by atoms with Crippen LogP contribution in [0, 0.1) is 0 Å². The number of amides is 2. The van der Waals surface area contributed by atoms with Crippen molar-refractivity contribution < 1.29 is 4.79 Å². The average molecular weight is 359 g/mol. The molecule has 0 radical (unpaired) electrons. The van der Waals surface area contributed by atoms with Crippen LogP contribution in [-0.4, -0.2) is 29.5 Å². The van der Waals surface area contributed by atoms with Crippen molar-refractivity contribution in [2.75, 3.05) is 13.6 Å². The van der Waals surface area contributed by atoms with Crippen LogP contribution in [0.5, 0.6) is 0 Å². The Bertz CT molecular complexity index is 783. The molecule has 4 nitrogen and oxygen atoms in total. The van der Waals surface area contributed by atoms with Crippen molar-refractivity contribution in [3.8, 4) is 0 Å². The summed E-state index contributed by atoms with van der Waals surface area (Å²) in [5.41, 5.74) is 3.60. The van der Waals surface area contributed by atoms with Crippen LogP contribution in [0.1, 0.15) is 29.0 Å². The predicted molar refractivity (Wildman–Crippen MR) is 108 cm³/mol. The first-order valence-electron chi connectivity index (χ1n) is 9.22. The lowest BCUT2D eigenvalue weighted by molar-refractivity contribution is 0.206. The van der Waals surface area contributed by atoms with E-state index in [-0.39, 0.29) is 11.9 Å². The van der Waals surface area contributed by atoms with Gasteiger partial charge in [0, 0.05) is 38.4 Å². The molecule has 0 aliphatic carbocycles. The number of nitrogens with one attached hydrogen (secondary N) is 1. The van der Waals surface area contributed by atoms with Gasteiger partial charge in [-0.25, -0.2) is 4.79 Å². The van der Waals surface area contributed by atoms with Crippen molar-refractivity contribution in [1.82, 2.24) is 15.2 Å². The first-order valence-corrected chi connectivity index (χ1v) is 9.22. The Kier molecular flexibility index (Phi) is 6.58. The Hall–Kier alpha value is -3.14. The highest BCUT2D eigenvalue weighted by molar-refractivity contribution is 5.73. The van der Waals surface area contributed by atoms with E-state index in [9.17, 15) is 4.79 Å². The second-order valence-electron chi connectivity index (χ2n) is 6.61. The van der Waals surface area contributed by atoms with E-state index in [1.807, 2.05) is 31.3 Å². The van der Waals surface area contributed by atoms with Crippen molar-refractivity contribution in [3.63, 3.8) is 0 Å². The summed E-state index contributed by atoms with van der Waals surface area (Å²) in [6, 6.07) is 24.7. The van der Waals surface area contributed by atoms with Crippen LogP contribution in [0.2, 0.25) is 0 Å². The minimum absolute atomic E-state index is 0.0633. The van der Waals surface area contributed by atoms with Crippen LogP contribution in [0.15, 0.2) is 85.2 Å². The van der Waals surface area contributed by atoms with Gasteiger partial charge in [-0.05, 0) is 35.2 Å². The van der Waals surface area contributed by atoms with Gasteiger partial charge in [-0.15, -0.1) is 0 Å². The molecule has 0 aliphatic rings. The van der Waals surface area contributed by atoms with Crippen molar-refractivity contribution in [2.45, 2.75) is 18.9 Å². The molecule has 0 saturated carbocycles. The van der Waals surface area contributed by atoms with Crippen molar-refractivity contribution in [2.24, 2.45) is 0 Å². The molecule has 0 saturated heterocycles. The van der Waals surface area contributed by atoms with E-state index < -0.39 is 0 Å². The largest absolute Gasteiger partial charge is 0.338 e. The molecule has 0 fully saturated rings. The molecule has 138 valence electrons. The maximum Gasteiger partial charge on any atom is 0.317 e. The Morgan fingerprint density at radius 3 is 2.04 bits per heavy atom. The Labute approximate surface area is 160 Å². The third kappa shape index (κ3) is 5.42. The minimum atomic E-state index is -0.0633. The van der Waals surface area contributed by atoms with Crippen molar-refractivity contribution in [1.29, 1.82) is 0 Å². The number of rotatable bonds is 7. The van der Waals surface area contributed by atoms with E-state index in [4.69, 9.17) is 0 Å². The van der Waals surface area contributed by atoms with Crippen molar-refractivity contribution >= 4 is 6.03 Å². The quantitative estimate of drug-likeness (QED) is 0.677. The summed E-state index contributed by atoms with van der Waals surface area (Å²) in [5, 5.41) is 3.04. The molecule has 3 aromatic rings. The van der Waals surface area contributed by atoms with E-state index in [2.05, 4.69) is 58.8 Å². The zero-order chi connectivity index (χ0) is 18.9. The van der Waals surface area contributed by atoms with Crippen LogP contribution in [0.25, 0.3) is 0 Å². The summed E-state index contributed by atoms with van der Waals surface area (Å²) in [5.74, 6) is 0.262. The van der Waals surface area contributed by atoms with Crippen LogP contribution >= 0.6 is 0 Å². The van der Waals surface area contributed by atoms with E-state index in [0.717, 1.165) is 12.0 Å². The topological polar surface area (TPSA) is 45.2 Å². The second-order valence-corrected chi connectivity index (χ2v) is 6.61. The summed E-state index contributed by atoms with van der Waals surface area (Å²) in [7, 11) is 1.81. The molecule has 0 unspecified atom stereocenters. The molecule has 27 heavy (non-hydrogen) atoms. The average Bonchev–Trinajstić information content (AvgIpc) is 2.73. The number of pyridine rings is 1. The molecular weight excluding hydrogens is 334 g/mol. The molecule has 1 N–H and O–H groups in total. The van der Waals surface area contributed by atoms with Gasteiger partial charge in [-0.2, -0.15) is 0 Å². The maximum absolute atomic E-state index is 12.4. The molecule has 3 rings (SSSR count). The zero-order valence-electron chi connectivity index (χ0n) is 15.6. The van der Waals surface area contributed by atoms with Gasteiger partial charge in [0.15, 0.2) is 0 Å². The van der Waals surface area contributed by atoms with Gasteiger partial charge in [0.1, 0.15) is 0 Å². The van der Waals surface area contributed by atoms with Crippen LogP contribution in [0.4, 0.5) is 4.79 Å². The summed E-state index contributed by atoms with van der Waals surface area (Å²) >= 11 is 0. The van der Waals surface area contributed by atoms with Crippen LogP contribution < -0.4 is 5.32 Å². The molecule has 0 aliphatic heterocycles. The van der Waals surface area contributed by atoms with Gasteiger partial charge in [0.2, 0.25) is 0 Å². The van der Waals surface area contributed by atoms with Gasteiger partial charge < -0.3 is 10.2 Å². The molecule has 0 spiro atoms. The minimum Gasteiger partial charge on any atom is -0.338 e. The fourth-order valence-electron chi connectivity index (χ4n) is 3.19. The monoisotopic (exact) mass is 359 g/mol. The number of nitrogens with zero attached hydrogens (tertiary/aromatic N) is 2. The van der Waals surface area contributed by atoms with Gasteiger partial charge in [-0.1, -0.05) is 60.7 Å². The van der Waals surface area contributed by atoms with Gasteiger partial charge in [-0.3, -0.25) is 4.98 Å². The number of hydrogen-bond acceptors (Lipinski definition) is 2. The SMILES string of the molecule is CN(Cc1ccncc1)C(=O)NCCC(c1ccccc1)c1ccccc1. The zero-order valence-corrected chi connectivity index (χ0v) is 15.6. The summed E-state index contributed by atoms with van der Waals surface area (Å²) in [6.07, 6.45) is 4.33. The van der Waals surface area contributed by atoms with Gasteiger partial charge >= 0.3 is 6.03 Å². The lowest BCUT2D eigenvalue weighted by atomic mass is 9.88. The van der Waals surface area contributed by atoms with E-state index >= 15 is 0 Å². The molecule has 0 bridgehead atoms. The number of aromatic nitrogens is 1. The van der Waals surface area contributed by atoms with E-state index in [1.54, 1.807) is 17.3 Å². The number of hydrogen-bond donors (Lipinski definition) is 1. The number of urea groups is 1. The number of carbonyl (C=O) groups excluding carboxylic acids is 1.